The average molecular weight is 411 g/mol. The van der Waals surface area contributed by atoms with Crippen molar-refractivity contribution in [2.45, 2.75) is 38.8 Å². The summed E-state index contributed by atoms with van der Waals surface area (Å²) in [6.07, 6.45) is 1.95. The number of amides is 2. The molecular formula is C19H27ClN4O4. The Labute approximate surface area is 170 Å². The normalized spacial score (nSPS) is 18.2. The number of hydrogen-bond acceptors (Lipinski definition) is 5. The van der Waals surface area contributed by atoms with Crippen molar-refractivity contribution in [2.75, 3.05) is 27.2 Å². The standard InChI is InChI=1S/C19H27ClN4O4/c1-12(2)17(19(26)23-9-5-6-14(11-23)22(3)4)21-18(25)15-8-7-13(24(27)28)10-16(15)20/h7-8,10,12,14,17H,5-6,9,11H2,1-4H3,(H,21,25). The molecule has 2 rings (SSSR count). The van der Waals surface area contributed by atoms with E-state index in [0.717, 1.165) is 18.9 Å². The van der Waals surface area contributed by atoms with Crippen molar-refractivity contribution in [3.05, 3.63) is 38.9 Å². The van der Waals surface area contributed by atoms with Gasteiger partial charge in [0.2, 0.25) is 5.91 Å². The maximum absolute atomic E-state index is 13.1. The van der Waals surface area contributed by atoms with Crippen LogP contribution in [0, 0.1) is 16.0 Å². The van der Waals surface area contributed by atoms with E-state index in [1.165, 1.54) is 12.1 Å². The van der Waals surface area contributed by atoms with E-state index in [0.29, 0.717) is 19.1 Å². The van der Waals surface area contributed by atoms with Crippen molar-refractivity contribution >= 4 is 29.1 Å². The molecule has 9 heteroatoms. The number of halogens is 1. The maximum atomic E-state index is 13.1. The number of nitro groups is 1. The molecule has 0 radical (unpaired) electrons. The molecule has 0 saturated carbocycles. The number of carbonyl (C=O) groups is 2. The Hall–Kier alpha value is -2.19. The van der Waals surface area contributed by atoms with Gasteiger partial charge < -0.3 is 15.1 Å². The molecule has 2 amide bonds. The van der Waals surface area contributed by atoms with Crippen LogP contribution in [0.3, 0.4) is 0 Å². The predicted octanol–water partition coefficient (Wildman–Crippen LogP) is 2.56. The average Bonchev–Trinajstić information content (AvgIpc) is 2.64. The van der Waals surface area contributed by atoms with Crippen LogP contribution in [0.25, 0.3) is 0 Å². The largest absolute Gasteiger partial charge is 0.340 e. The summed E-state index contributed by atoms with van der Waals surface area (Å²) in [5, 5.41) is 13.6. The first-order valence-corrected chi connectivity index (χ1v) is 9.69. The molecule has 0 spiro atoms. The van der Waals surface area contributed by atoms with E-state index in [1.807, 2.05) is 27.9 Å². The topological polar surface area (TPSA) is 95.8 Å². The van der Waals surface area contributed by atoms with Gasteiger partial charge in [0.1, 0.15) is 6.04 Å². The van der Waals surface area contributed by atoms with Gasteiger partial charge in [-0.2, -0.15) is 0 Å². The molecule has 1 aromatic rings. The third-order valence-electron chi connectivity index (χ3n) is 5.07. The number of non-ortho nitro benzene ring substituents is 1. The molecule has 1 aromatic carbocycles. The fraction of sp³-hybridized carbons (Fsp3) is 0.579. The molecule has 1 heterocycles. The Bertz CT molecular complexity index is 753. The third-order valence-corrected chi connectivity index (χ3v) is 5.38. The molecule has 1 N–H and O–H groups in total. The van der Waals surface area contributed by atoms with Crippen LogP contribution < -0.4 is 5.32 Å². The van der Waals surface area contributed by atoms with E-state index in [-0.39, 0.29) is 28.1 Å². The third kappa shape index (κ3) is 5.20. The number of likely N-dealkylation sites (tertiary alicyclic amines) is 1. The summed E-state index contributed by atoms with van der Waals surface area (Å²) in [7, 11) is 3.99. The minimum Gasteiger partial charge on any atom is -0.340 e. The summed E-state index contributed by atoms with van der Waals surface area (Å²) in [5.41, 5.74) is -0.0865. The number of nitrogens with zero attached hydrogens (tertiary/aromatic N) is 3. The molecule has 0 aromatic heterocycles. The van der Waals surface area contributed by atoms with Crippen molar-refractivity contribution in [1.29, 1.82) is 0 Å². The second kappa shape index (κ2) is 9.34. The highest BCUT2D eigenvalue weighted by atomic mass is 35.5. The van der Waals surface area contributed by atoms with E-state index >= 15 is 0 Å². The first-order chi connectivity index (χ1) is 13.1. The summed E-state index contributed by atoms with van der Waals surface area (Å²) in [6, 6.07) is 3.26. The zero-order valence-corrected chi connectivity index (χ0v) is 17.4. The number of nitrogens with one attached hydrogen (secondary N) is 1. The number of nitro benzene ring substituents is 1. The van der Waals surface area contributed by atoms with Crippen molar-refractivity contribution in [3.63, 3.8) is 0 Å². The molecular weight excluding hydrogens is 384 g/mol. The van der Waals surface area contributed by atoms with Crippen LogP contribution in [0.4, 0.5) is 5.69 Å². The number of likely N-dealkylation sites (N-methyl/N-ethyl adjacent to an activating group) is 1. The van der Waals surface area contributed by atoms with Gasteiger partial charge in [0.05, 0.1) is 15.5 Å². The predicted molar refractivity (Wildman–Crippen MR) is 107 cm³/mol. The summed E-state index contributed by atoms with van der Waals surface area (Å²) >= 11 is 6.05. The molecule has 0 bridgehead atoms. The minimum absolute atomic E-state index is 0.0210. The quantitative estimate of drug-likeness (QED) is 0.574. The molecule has 1 aliphatic heterocycles. The van der Waals surface area contributed by atoms with E-state index in [9.17, 15) is 19.7 Å². The lowest BCUT2D eigenvalue weighted by Gasteiger charge is -2.38. The Balaban J connectivity index is 2.15. The maximum Gasteiger partial charge on any atom is 0.270 e. The summed E-state index contributed by atoms with van der Waals surface area (Å²) in [6.45, 7) is 5.03. The number of hydrogen-bond donors (Lipinski definition) is 1. The zero-order valence-electron chi connectivity index (χ0n) is 16.6. The van der Waals surface area contributed by atoms with E-state index < -0.39 is 16.9 Å². The molecule has 2 atom stereocenters. The van der Waals surface area contributed by atoms with Gasteiger partial charge in [-0.05, 0) is 38.9 Å². The van der Waals surface area contributed by atoms with E-state index in [1.54, 1.807) is 4.90 Å². The van der Waals surface area contributed by atoms with Gasteiger partial charge in [-0.15, -0.1) is 0 Å². The fourth-order valence-electron chi connectivity index (χ4n) is 3.31. The second-order valence-corrected chi connectivity index (χ2v) is 8.07. The first-order valence-electron chi connectivity index (χ1n) is 9.31. The van der Waals surface area contributed by atoms with Gasteiger partial charge in [-0.1, -0.05) is 25.4 Å². The molecule has 28 heavy (non-hydrogen) atoms. The highest BCUT2D eigenvalue weighted by Crippen LogP contribution is 2.23. The Kier molecular flexibility index (Phi) is 7.37. The van der Waals surface area contributed by atoms with Crippen LogP contribution in [-0.2, 0) is 4.79 Å². The lowest BCUT2D eigenvalue weighted by atomic mass is 9.99. The molecule has 1 aliphatic rings. The molecule has 1 fully saturated rings. The van der Waals surface area contributed by atoms with Gasteiger partial charge in [-0.3, -0.25) is 19.7 Å². The number of rotatable bonds is 6. The molecule has 2 unspecified atom stereocenters. The van der Waals surface area contributed by atoms with Crippen LogP contribution in [0.1, 0.15) is 37.0 Å². The zero-order chi connectivity index (χ0) is 21.0. The highest BCUT2D eigenvalue weighted by Gasteiger charge is 2.32. The van der Waals surface area contributed by atoms with Crippen molar-refractivity contribution in [3.8, 4) is 0 Å². The monoisotopic (exact) mass is 410 g/mol. The highest BCUT2D eigenvalue weighted by molar-refractivity contribution is 6.34. The van der Waals surface area contributed by atoms with Gasteiger partial charge in [0.15, 0.2) is 0 Å². The minimum atomic E-state index is -0.695. The number of benzene rings is 1. The lowest BCUT2D eigenvalue weighted by molar-refractivity contribution is -0.384. The molecule has 1 saturated heterocycles. The molecule has 154 valence electrons. The van der Waals surface area contributed by atoms with Crippen LogP contribution in [0.2, 0.25) is 5.02 Å². The van der Waals surface area contributed by atoms with E-state index in [4.69, 9.17) is 11.6 Å². The summed E-state index contributed by atoms with van der Waals surface area (Å²) in [5.74, 6) is -0.756. The van der Waals surface area contributed by atoms with Gasteiger partial charge in [0, 0.05) is 31.3 Å². The smallest absolute Gasteiger partial charge is 0.270 e. The van der Waals surface area contributed by atoms with Gasteiger partial charge in [-0.25, -0.2) is 0 Å². The van der Waals surface area contributed by atoms with Crippen LogP contribution in [0.5, 0.6) is 0 Å². The van der Waals surface area contributed by atoms with Gasteiger partial charge in [0.25, 0.3) is 11.6 Å². The first kappa shape index (κ1) is 22.1. The SMILES string of the molecule is CC(C)C(NC(=O)c1ccc([N+](=O)[O-])cc1Cl)C(=O)N1CCCC(N(C)C)C1. The van der Waals surface area contributed by atoms with Crippen molar-refractivity contribution in [1.82, 2.24) is 15.1 Å². The number of carbonyl (C=O) groups excluding carboxylic acids is 2. The Morgan fingerprint density at radius 2 is 2.04 bits per heavy atom. The summed E-state index contributed by atoms with van der Waals surface area (Å²) in [4.78, 5) is 39.9. The number of piperidine rings is 1. The van der Waals surface area contributed by atoms with Crippen molar-refractivity contribution in [2.24, 2.45) is 5.92 Å². The Morgan fingerprint density at radius 3 is 2.57 bits per heavy atom. The van der Waals surface area contributed by atoms with Gasteiger partial charge >= 0.3 is 0 Å². The molecule has 8 nitrogen and oxygen atoms in total. The Morgan fingerprint density at radius 1 is 1.36 bits per heavy atom. The second-order valence-electron chi connectivity index (χ2n) is 7.66. The van der Waals surface area contributed by atoms with Crippen LogP contribution in [0.15, 0.2) is 18.2 Å². The summed E-state index contributed by atoms with van der Waals surface area (Å²) < 4.78 is 0. The van der Waals surface area contributed by atoms with Crippen LogP contribution >= 0.6 is 11.6 Å². The molecule has 0 aliphatic carbocycles. The van der Waals surface area contributed by atoms with Crippen molar-refractivity contribution < 1.29 is 14.5 Å². The fourth-order valence-corrected chi connectivity index (χ4v) is 3.57. The van der Waals surface area contributed by atoms with Crippen LogP contribution in [-0.4, -0.2) is 65.8 Å². The van der Waals surface area contributed by atoms with E-state index in [2.05, 4.69) is 10.2 Å². The lowest BCUT2D eigenvalue weighted by Crippen LogP contribution is -2.55.